The number of fused-ring (bicyclic) bond motifs is 1. The van der Waals surface area contributed by atoms with Gasteiger partial charge < -0.3 is 14.6 Å². The van der Waals surface area contributed by atoms with Crippen molar-refractivity contribution in [2.75, 3.05) is 20.2 Å². The Hall–Kier alpha value is -1.88. The van der Waals surface area contributed by atoms with Crippen molar-refractivity contribution in [3.63, 3.8) is 0 Å². The van der Waals surface area contributed by atoms with Gasteiger partial charge in [0.2, 0.25) is 5.91 Å². The van der Waals surface area contributed by atoms with Gasteiger partial charge in [0, 0.05) is 19.5 Å². The molecule has 1 aromatic carbocycles. The Labute approximate surface area is 136 Å². The Bertz CT molecular complexity index is 674. The maximum absolute atomic E-state index is 12.4. The second kappa shape index (κ2) is 7.13. The molecule has 3 rings (SSSR count). The van der Waals surface area contributed by atoms with Gasteiger partial charge in [0.25, 0.3) is 0 Å². The fourth-order valence-electron chi connectivity index (χ4n) is 3.46. The van der Waals surface area contributed by atoms with E-state index < -0.39 is 0 Å². The van der Waals surface area contributed by atoms with Crippen LogP contribution >= 0.6 is 0 Å². The van der Waals surface area contributed by atoms with Crippen LogP contribution in [0.5, 0.6) is 0 Å². The molecule has 2 aromatic rings. The lowest BCUT2D eigenvalue weighted by Gasteiger charge is -2.23. The SMILES string of the molecule is CN(CCO)C(=O)Cn1c(C2CCCCC2)nc2ccccc21. The number of aliphatic hydroxyl groups is 1. The third-order valence-electron chi connectivity index (χ3n) is 4.81. The van der Waals surface area contributed by atoms with Crippen molar-refractivity contribution in [3.05, 3.63) is 30.1 Å². The number of rotatable bonds is 5. The van der Waals surface area contributed by atoms with Crippen LogP contribution in [-0.4, -0.2) is 45.7 Å². The topological polar surface area (TPSA) is 58.4 Å². The molecule has 1 heterocycles. The number of hydrogen-bond acceptors (Lipinski definition) is 3. The number of carbonyl (C=O) groups excluding carboxylic acids is 1. The average Bonchev–Trinajstić information content (AvgIpc) is 2.94. The summed E-state index contributed by atoms with van der Waals surface area (Å²) in [6.07, 6.45) is 6.10. The third kappa shape index (κ3) is 3.39. The van der Waals surface area contributed by atoms with Crippen molar-refractivity contribution in [1.82, 2.24) is 14.5 Å². The molecule has 124 valence electrons. The van der Waals surface area contributed by atoms with Crippen LogP contribution in [0.15, 0.2) is 24.3 Å². The molecule has 1 aliphatic carbocycles. The minimum absolute atomic E-state index is 0.0115. The number of aromatic nitrogens is 2. The number of carbonyl (C=O) groups is 1. The Morgan fingerprint density at radius 1 is 1.30 bits per heavy atom. The zero-order valence-corrected chi connectivity index (χ0v) is 13.7. The predicted octanol–water partition coefficient (Wildman–Crippen LogP) is 2.53. The lowest BCUT2D eigenvalue weighted by atomic mass is 9.88. The molecule has 0 atom stereocenters. The van der Waals surface area contributed by atoms with Gasteiger partial charge in [0.1, 0.15) is 12.4 Å². The van der Waals surface area contributed by atoms with Gasteiger partial charge in [-0.25, -0.2) is 4.98 Å². The number of imidazole rings is 1. The molecular weight excluding hydrogens is 290 g/mol. The molecular formula is C18H25N3O2. The summed E-state index contributed by atoms with van der Waals surface area (Å²) in [7, 11) is 1.73. The van der Waals surface area contributed by atoms with Gasteiger partial charge in [0.15, 0.2) is 0 Å². The first-order valence-electron chi connectivity index (χ1n) is 8.50. The van der Waals surface area contributed by atoms with Crippen molar-refractivity contribution in [2.24, 2.45) is 0 Å². The van der Waals surface area contributed by atoms with Crippen LogP contribution in [0, 0.1) is 0 Å². The smallest absolute Gasteiger partial charge is 0.242 e. The summed E-state index contributed by atoms with van der Waals surface area (Å²) in [4.78, 5) is 18.9. The van der Waals surface area contributed by atoms with Gasteiger partial charge in [-0.05, 0) is 25.0 Å². The molecule has 0 bridgehead atoms. The van der Waals surface area contributed by atoms with Crippen LogP contribution in [0.4, 0.5) is 0 Å². The molecule has 23 heavy (non-hydrogen) atoms. The van der Waals surface area contributed by atoms with E-state index in [1.54, 1.807) is 11.9 Å². The highest BCUT2D eigenvalue weighted by molar-refractivity contribution is 5.81. The predicted molar refractivity (Wildman–Crippen MR) is 90.3 cm³/mol. The number of benzene rings is 1. The summed E-state index contributed by atoms with van der Waals surface area (Å²) in [6.45, 7) is 0.648. The first-order chi connectivity index (χ1) is 11.2. The maximum atomic E-state index is 12.4. The molecule has 0 spiro atoms. The van der Waals surface area contributed by atoms with E-state index in [1.165, 1.54) is 19.3 Å². The quantitative estimate of drug-likeness (QED) is 0.922. The lowest BCUT2D eigenvalue weighted by Crippen LogP contribution is -2.33. The van der Waals surface area contributed by atoms with Crippen molar-refractivity contribution < 1.29 is 9.90 Å². The number of aliphatic hydroxyl groups excluding tert-OH is 1. The van der Waals surface area contributed by atoms with E-state index in [0.717, 1.165) is 29.7 Å². The van der Waals surface area contributed by atoms with Gasteiger partial charge in [-0.3, -0.25) is 4.79 Å². The van der Waals surface area contributed by atoms with Gasteiger partial charge >= 0.3 is 0 Å². The van der Waals surface area contributed by atoms with E-state index >= 15 is 0 Å². The fraction of sp³-hybridized carbons (Fsp3) is 0.556. The summed E-state index contributed by atoms with van der Waals surface area (Å²) in [6, 6.07) is 8.03. The molecule has 5 heteroatoms. The van der Waals surface area contributed by atoms with Gasteiger partial charge in [-0.1, -0.05) is 31.4 Å². The van der Waals surface area contributed by atoms with E-state index in [-0.39, 0.29) is 12.5 Å². The van der Waals surface area contributed by atoms with Crippen molar-refractivity contribution in [1.29, 1.82) is 0 Å². The van der Waals surface area contributed by atoms with Crippen LogP contribution in [0.1, 0.15) is 43.8 Å². The Morgan fingerprint density at radius 2 is 2.04 bits per heavy atom. The molecule has 0 radical (unpaired) electrons. The average molecular weight is 315 g/mol. The molecule has 1 N–H and O–H groups in total. The minimum Gasteiger partial charge on any atom is -0.395 e. The number of amides is 1. The first kappa shape index (κ1) is 16.0. The van der Waals surface area contributed by atoms with Crippen LogP contribution in [0.2, 0.25) is 0 Å². The largest absolute Gasteiger partial charge is 0.395 e. The number of hydrogen-bond donors (Lipinski definition) is 1. The highest BCUT2D eigenvalue weighted by Crippen LogP contribution is 2.33. The molecule has 0 unspecified atom stereocenters. The van der Waals surface area contributed by atoms with Gasteiger partial charge in [0.05, 0.1) is 17.6 Å². The van der Waals surface area contributed by atoms with Crippen LogP contribution in [0.25, 0.3) is 11.0 Å². The summed E-state index contributed by atoms with van der Waals surface area (Å²) < 4.78 is 2.08. The highest BCUT2D eigenvalue weighted by atomic mass is 16.3. The number of nitrogens with zero attached hydrogens (tertiary/aromatic N) is 3. The summed E-state index contributed by atoms with van der Waals surface area (Å²) in [5.41, 5.74) is 1.99. The van der Waals surface area contributed by atoms with Gasteiger partial charge in [-0.15, -0.1) is 0 Å². The standard InChI is InChI=1S/C18H25N3O2/c1-20(11-12-22)17(23)13-21-16-10-6-5-9-15(16)19-18(21)14-7-3-2-4-8-14/h5-6,9-10,14,22H,2-4,7-8,11-13H2,1H3. The molecule has 1 fully saturated rings. The van der Waals surface area contributed by atoms with Crippen LogP contribution in [-0.2, 0) is 11.3 Å². The molecule has 1 aliphatic rings. The minimum atomic E-state index is -0.0115. The lowest BCUT2D eigenvalue weighted by molar-refractivity contribution is -0.130. The van der Waals surface area contributed by atoms with E-state index in [1.807, 2.05) is 24.3 Å². The zero-order valence-electron chi connectivity index (χ0n) is 13.7. The second-order valence-corrected chi connectivity index (χ2v) is 6.42. The number of para-hydroxylation sites is 2. The third-order valence-corrected chi connectivity index (χ3v) is 4.81. The maximum Gasteiger partial charge on any atom is 0.242 e. The van der Waals surface area contributed by atoms with E-state index in [9.17, 15) is 4.79 Å². The van der Waals surface area contributed by atoms with Crippen molar-refractivity contribution in [3.8, 4) is 0 Å². The second-order valence-electron chi connectivity index (χ2n) is 6.42. The molecule has 1 amide bonds. The fourth-order valence-corrected chi connectivity index (χ4v) is 3.46. The van der Waals surface area contributed by atoms with Crippen molar-refractivity contribution >= 4 is 16.9 Å². The van der Waals surface area contributed by atoms with Crippen LogP contribution < -0.4 is 0 Å². The Morgan fingerprint density at radius 3 is 2.78 bits per heavy atom. The van der Waals surface area contributed by atoms with E-state index in [2.05, 4.69) is 4.57 Å². The number of likely N-dealkylation sites (N-methyl/N-ethyl adjacent to an activating group) is 1. The summed E-state index contributed by atoms with van der Waals surface area (Å²) >= 11 is 0. The van der Waals surface area contributed by atoms with Crippen LogP contribution in [0.3, 0.4) is 0 Å². The first-order valence-corrected chi connectivity index (χ1v) is 8.50. The Balaban J connectivity index is 1.94. The van der Waals surface area contributed by atoms with Gasteiger partial charge in [-0.2, -0.15) is 0 Å². The zero-order chi connectivity index (χ0) is 16.2. The molecule has 1 saturated carbocycles. The highest BCUT2D eigenvalue weighted by Gasteiger charge is 2.24. The molecule has 0 aliphatic heterocycles. The molecule has 5 nitrogen and oxygen atoms in total. The normalized spacial score (nSPS) is 15.9. The summed E-state index contributed by atoms with van der Waals surface area (Å²) in [5.74, 6) is 1.52. The molecule has 0 saturated heterocycles. The summed E-state index contributed by atoms with van der Waals surface area (Å²) in [5, 5.41) is 9.03. The molecule has 1 aromatic heterocycles. The van der Waals surface area contributed by atoms with E-state index in [4.69, 9.17) is 10.1 Å². The van der Waals surface area contributed by atoms with Crippen molar-refractivity contribution in [2.45, 2.75) is 44.6 Å². The van der Waals surface area contributed by atoms with E-state index in [0.29, 0.717) is 19.0 Å². The Kier molecular flexibility index (Phi) is 4.96. The monoisotopic (exact) mass is 315 g/mol.